The third-order valence-corrected chi connectivity index (χ3v) is 5.05. The molecule has 2 aliphatic rings. The summed E-state index contributed by atoms with van der Waals surface area (Å²) in [6, 6.07) is 9.76. The van der Waals surface area contributed by atoms with Crippen LogP contribution in [0, 0.1) is 5.41 Å². The Morgan fingerprint density at radius 2 is 1.67 bits per heavy atom. The minimum absolute atomic E-state index is 0.0192. The van der Waals surface area contributed by atoms with Gasteiger partial charge in [0.2, 0.25) is 5.91 Å². The van der Waals surface area contributed by atoms with Crippen molar-refractivity contribution in [1.82, 2.24) is 4.90 Å². The lowest BCUT2D eigenvalue weighted by molar-refractivity contribution is -0.141. The van der Waals surface area contributed by atoms with Crippen LogP contribution < -0.4 is 0 Å². The fourth-order valence-electron chi connectivity index (χ4n) is 3.75. The van der Waals surface area contributed by atoms with Crippen molar-refractivity contribution in [2.75, 3.05) is 19.7 Å². The van der Waals surface area contributed by atoms with Crippen LogP contribution in [-0.2, 0) is 25.7 Å². The molecule has 5 heteroatoms. The van der Waals surface area contributed by atoms with Gasteiger partial charge < -0.3 is 9.64 Å². The van der Waals surface area contributed by atoms with Crippen LogP contribution in [-0.4, -0.2) is 42.1 Å². The van der Waals surface area contributed by atoms with E-state index in [1.807, 2.05) is 30.3 Å². The zero-order valence-electron chi connectivity index (χ0n) is 13.8. The number of ether oxygens (including phenoxy) is 1. The van der Waals surface area contributed by atoms with Gasteiger partial charge in [-0.25, -0.2) is 0 Å². The Hall–Kier alpha value is -2.01. The molecule has 2 fully saturated rings. The number of Topliss-reactive ketones (excluding diaryl/α,β-unsaturated/α-hetero) is 2. The molecule has 1 spiro atoms. The van der Waals surface area contributed by atoms with Gasteiger partial charge in [-0.1, -0.05) is 30.3 Å². The summed E-state index contributed by atoms with van der Waals surface area (Å²) in [4.78, 5) is 37.5. The van der Waals surface area contributed by atoms with Crippen LogP contribution in [0.3, 0.4) is 0 Å². The van der Waals surface area contributed by atoms with Gasteiger partial charge in [0.25, 0.3) is 0 Å². The predicted octanol–water partition coefficient (Wildman–Crippen LogP) is 2.13. The van der Waals surface area contributed by atoms with Gasteiger partial charge >= 0.3 is 0 Å². The summed E-state index contributed by atoms with van der Waals surface area (Å²) >= 11 is 0. The van der Waals surface area contributed by atoms with Gasteiger partial charge in [0.1, 0.15) is 18.2 Å². The van der Waals surface area contributed by atoms with Crippen molar-refractivity contribution in [3.8, 4) is 0 Å². The zero-order valence-corrected chi connectivity index (χ0v) is 13.8. The first-order valence-electron chi connectivity index (χ1n) is 8.49. The van der Waals surface area contributed by atoms with Crippen molar-refractivity contribution in [2.45, 2.75) is 38.7 Å². The van der Waals surface area contributed by atoms with E-state index >= 15 is 0 Å². The highest BCUT2D eigenvalue weighted by Gasteiger charge is 2.42. The molecule has 5 nitrogen and oxygen atoms in total. The molecule has 1 saturated carbocycles. The van der Waals surface area contributed by atoms with Crippen LogP contribution in [0.5, 0.6) is 0 Å². The van der Waals surface area contributed by atoms with Crippen molar-refractivity contribution in [1.29, 1.82) is 0 Å². The number of nitrogens with zero attached hydrogens (tertiary/aromatic N) is 1. The topological polar surface area (TPSA) is 63.7 Å². The molecule has 1 heterocycles. The fourth-order valence-corrected chi connectivity index (χ4v) is 3.75. The third kappa shape index (κ3) is 4.09. The smallest absolute Gasteiger partial charge is 0.248 e. The van der Waals surface area contributed by atoms with E-state index in [-0.39, 0.29) is 35.9 Å². The first kappa shape index (κ1) is 16.8. The molecule has 24 heavy (non-hydrogen) atoms. The number of ketones is 2. The Morgan fingerprint density at radius 3 is 2.29 bits per heavy atom. The largest absolute Gasteiger partial charge is 0.367 e. The second kappa shape index (κ2) is 7.26. The lowest BCUT2D eigenvalue weighted by Crippen LogP contribution is -2.47. The number of carbonyl (C=O) groups is 3. The number of carbonyl (C=O) groups excluding carboxylic acids is 3. The fraction of sp³-hybridized carbons (Fsp3) is 0.526. The Kier molecular flexibility index (Phi) is 5.09. The number of hydrogen-bond acceptors (Lipinski definition) is 4. The predicted molar refractivity (Wildman–Crippen MR) is 88.2 cm³/mol. The maximum absolute atomic E-state index is 12.3. The van der Waals surface area contributed by atoms with E-state index in [2.05, 4.69) is 0 Å². The number of benzene rings is 1. The van der Waals surface area contributed by atoms with E-state index in [0.29, 0.717) is 32.5 Å². The van der Waals surface area contributed by atoms with Gasteiger partial charge in [-0.3, -0.25) is 14.4 Å². The summed E-state index contributed by atoms with van der Waals surface area (Å²) in [5.74, 6) is 0.0867. The number of amides is 1. The molecule has 1 amide bonds. The lowest BCUT2D eigenvalue weighted by atomic mass is 9.67. The summed E-state index contributed by atoms with van der Waals surface area (Å²) in [7, 11) is 0. The van der Waals surface area contributed by atoms with Gasteiger partial charge in [-0.05, 0) is 23.8 Å². The first-order chi connectivity index (χ1) is 11.6. The molecule has 1 saturated heterocycles. The van der Waals surface area contributed by atoms with Gasteiger partial charge in [0.15, 0.2) is 0 Å². The Labute approximate surface area is 142 Å². The number of hydrogen-bond donors (Lipinski definition) is 0. The van der Waals surface area contributed by atoms with E-state index in [4.69, 9.17) is 4.74 Å². The molecular weight excluding hydrogens is 306 g/mol. The highest BCUT2D eigenvalue weighted by atomic mass is 16.5. The van der Waals surface area contributed by atoms with Gasteiger partial charge in [-0.15, -0.1) is 0 Å². The molecule has 0 N–H and O–H groups in total. The molecule has 1 aliphatic heterocycles. The molecule has 3 rings (SSSR count). The Bertz CT molecular complexity index is 600. The van der Waals surface area contributed by atoms with E-state index in [1.165, 1.54) is 0 Å². The lowest BCUT2D eigenvalue weighted by Gasteiger charge is -2.43. The molecule has 0 aromatic heterocycles. The number of piperidine rings is 1. The highest BCUT2D eigenvalue weighted by molar-refractivity contribution is 6.02. The molecule has 128 valence electrons. The summed E-state index contributed by atoms with van der Waals surface area (Å²) in [6.45, 7) is 1.70. The minimum atomic E-state index is -0.200. The molecule has 0 atom stereocenters. The van der Waals surface area contributed by atoms with Crippen LogP contribution in [0.1, 0.15) is 37.7 Å². The van der Waals surface area contributed by atoms with E-state index in [1.54, 1.807) is 4.90 Å². The molecule has 0 unspecified atom stereocenters. The minimum Gasteiger partial charge on any atom is -0.367 e. The second-order valence-corrected chi connectivity index (χ2v) is 6.97. The van der Waals surface area contributed by atoms with Crippen LogP contribution in [0.25, 0.3) is 0 Å². The van der Waals surface area contributed by atoms with E-state index < -0.39 is 0 Å². The van der Waals surface area contributed by atoms with E-state index in [0.717, 1.165) is 18.4 Å². The number of rotatable bonds is 4. The summed E-state index contributed by atoms with van der Waals surface area (Å²) in [5, 5.41) is 0. The summed E-state index contributed by atoms with van der Waals surface area (Å²) in [5.41, 5.74) is 0.843. The average molecular weight is 329 g/mol. The Morgan fingerprint density at radius 1 is 1.04 bits per heavy atom. The van der Waals surface area contributed by atoms with Crippen LogP contribution in [0.4, 0.5) is 0 Å². The van der Waals surface area contributed by atoms with Crippen LogP contribution >= 0.6 is 0 Å². The van der Waals surface area contributed by atoms with Crippen molar-refractivity contribution < 1.29 is 19.1 Å². The van der Waals surface area contributed by atoms with E-state index in [9.17, 15) is 14.4 Å². The quantitative estimate of drug-likeness (QED) is 0.794. The van der Waals surface area contributed by atoms with Gasteiger partial charge in [0.05, 0.1) is 13.0 Å². The van der Waals surface area contributed by atoms with Crippen molar-refractivity contribution in [3.63, 3.8) is 0 Å². The highest BCUT2D eigenvalue weighted by Crippen LogP contribution is 2.42. The summed E-state index contributed by atoms with van der Waals surface area (Å²) in [6.07, 6.45) is 2.54. The zero-order chi connectivity index (χ0) is 17.0. The Balaban J connectivity index is 1.45. The molecule has 0 bridgehead atoms. The second-order valence-electron chi connectivity index (χ2n) is 6.97. The maximum atomic E-state index is 12.3. The maximum Gasteiger partial charge on any atom is 0.248 e. The molecule has 1 aliphatic carbocycles. The monoisotopic (exact) mass is 329 g/mol. The van der Waals surface area contributed by atoms with Gasteiger partial charge in [-0.2, -0.15) is 0 Å². The van der Waals surface area contributed by atoms with Crippen molar-refractivity contribution >= 4 is 17.5 Å². The normalized spacial score (nSPS) is 20.4. The summed E-state index contributed by atoms with van der Waals surface area (Å²) < 4.78 is 5.51. The average Bonchev–Trinajstić information content (AvgIpc) is 2.55. The molecule has 1 aromatic carbocycles. The molecule has 1 aromatic rings. The van der Waals surface area contributed by atoms with Crippen LogP contribution in [0.2, 0.25) is 0 Å². The first-order valence-corrected chi connectivity index (χ1v) is 8.49. The van der Waals surface area contributed by atoms with Gasteiger partial charge in [0, 0.05) is 25.9 Å². The third-order valence-electron chi connectivity index (χ3n) is 5.05. The standard InChI is InChI=1S/C19H23NO4/c21-16-10-17(22)12-19(11-16)6-8-20(9-7-19)18(23)14-24-13-15-4-2-1-3-5-15/h1-5H,6-14H2. The van der Waals surface area contributed by atoms with Crippen LogP contribution in [0.15, 0.2) is 30.3 Å². The molecular formula is C19H23NO4. The number of likely N-dealkylation sites (tertiary alicyclic amines) is 1. The SMILES string of the molecule is O=C1CC(=O)CC2(CCN(C(=O)COCc3ccccc3)CC2)C1. The van der Waals surface area contributed by atoms with Crippen molar-refractivity contribution in [3.05, 3.63) is 35.9 Å². The van der Waals surface area contributed by atoms with Crippen molar-refractivity contribution in [2.24, 2.45) is 5.41 Å². The molecule has 0 radical (unpaired) electrons.